The van der Waals surface area contributed by atoms with Gasteiger partial charge in [0.05, 0.1) is 6.10 Å². The van der Waals surface area contributed by atoms with Crippen LogP contribution >= 0.6 is 0 Å². The van der Waals surface area contributed by atoms with E-state index in [2.05, 4.69) is 5.92 Å². The molecule has 0 aromatic heterocycles. The maximum Gasteiger partial charge on any atom is 0.152 e. The Morgan fingerprint density at radius 2 is 2.07 bits per heavy atom. The number of aliphatic hydroxyl groups excluding tert-OH is 1. The van der Waals surface area contributed by atoms with Gasteiger partial charge in [0.25, 0.3) is 0 Å². The van der Waals surface area contributed by atoms with Gasteiger partial charge in [-0.15, -0.1) is 6.42 Å². The van der Waals surface area contributed by atoms with Crippen molar-refractivity contribution in [2.75, 3.05) is 0 Å². The highest BCUT2D eigenvalue weighted by molar-refractivity contribution is 5.87. The van der Waals surface area contributed by atoms with E-state index in [4.69, 9.17) is 6.42 Å². The molecule has 0 saturated heterocycles. The summed E-state index contributed by atoms with van der Waals surface area (Å²) in [7, 11) is 0. The Balaban J connectivity index is 2.79. The third-order valence-electron chi connectivity index (χ3n) is 1.93. The molecule has 1 rings (SSSR count). The molecule has 1 aromatic rings. The van der Waals surface area contributed by atoms with Crippen LogP contribution in [0.15, 0.2) is 36.4 Å². The van der Waals surface area contributed by atoms with Gasteiger partial charge in [-0.25, -0.2) is 0 Å². The predicted molar refractivity (Wildman–Crippen MR) is 59.2 cm³/mol. The lowest BCUT2D eigenvalue weighted by molar-refractivity contribution is -0.112. The number of rotatable bonds is 3. The largest absolute Gasteiger partial charge is 0.384 e. The molecule has 0 aliphatic heterocycles. The quantitative estimate of drug-likeness (QED) is 0.597. The summed E-state index contributed by atoms with van der Waals surface area (Å²) < 4.78 is 0. The lowest BCUT2D eigenvalue weighted by Gasteiger charge is -2.05. The average Bonchev–Trinajstić information content (AvgIpc) is 2.26. The standard InChI is InChI=1S/C13H12O2/c1-3-11-5-7-12(8-6-11)13(15)9-4-10(2)14/h1,4-9,13,15H,2H3/b9-4+/t13-/m1/s1. The number of aliphatic hydroxyl groups is 1. The minimum atomic E-state index is -0.763. The summed E-state index contributed by atoms with van der Waals surface area (Å²) in [6.45, 7) is 1.44. The highest BCUT2D eigenvalue weighted by atomic mass is 16.3. The molecule has 0 amide bonds. The van der Waals surface area contributed by atoms with E-state index in [0.29, 0.717) is 5.56 Å². The second kappa shape index (κ2) is 5.14. The van der Waals surface area contributed by atoms with Crippen molar-refractivity contribution >= 4 is 5.78 Å². The van der Waals surface area contributed by atoms with E-state index in [1.807, 2.05) is 0 Å². The molecule has 0 bridgehead atoms. The number of carbonyl (C=O) groups excluding carboxylic acids is 1. The van der Waals surface area contributed by atoms with Crippen molar-refractivity contribution in [3.63, 3.8) is 0 Å². The number of carbonyl (C=O) groups is 1. The van der Waals surface area contributed by atoms with Gasteiger partial charge in [-0.1, -0.05) is 18.1 Å². The van der Waals surface area contributed by atoms with Crippen molar-refractivity contribution in [2.45, 2.75) is 13.0 Å². The maximum atomic E-state index is 10.7. The van der Waals surface area contributed by atoms with Crippen molar-refractivity contribution in [2.24, 2.45) is 0 Å². The Bertz CT molecular complexity index is 407. The van der Waals surface area contributed by atoms with E-state index in [-0.39, 0.29) is 5.78 Å². The van der Waals surface area contributed by atoms with Gasteiger partial charge in [-0.05, 0) is 36.8 Å². The lowest BCUT2D eigenvalue weighted by Crippen LogP contribution is -1.94. The number of allylic oxidation sites excluding steroid dienone is 1. The molecule has 2 heteroatoms. The van der Waals surface area contributed by atoms with E-state index in [1.165, 1.54) is 19.1 Å². The third-order valence-corrected chi connectivity index (χ3v) is 1.93. The predicted octanol–water partition coefficient (Wildman–Crippen LogP) is 1.85. The Labute approximate surface area is 89.3 Å². The lowest BCUT2D eigenvalue weighted by atomic mass is 10.1. The highest BCUT2D eigenvalue weighted by Crippen LogP contribution is 2.14. The van der Waals surface area contributed by atoms with Gasteiger partial charge < -0.3 is 5.11 Å². The van der Waals surface area contributed by atoms with Crippen LogP contribution < -0.4 is 0 Å². The molecule has 0 radical (unpaired) electrons. The van der Waals surface area contributed by atoms with Crippen molar-refractivity contribution in [1.82, 2.24) is 0 Å². The topological polar surface area (TPSA) is 37.3 Å². The summed E-state index contributed by atoms with van der Waals surface area (Å²) >= 11 is 0. The van der Waals surface area contributed by atoms with Gasteiger partial charge in [0.2, 0.25) is 0 Å². The summed E-state index contributed by atoms with van der Waals surface area (Å²) in [5.41, 5.74) is 1.48. The van der Waals surface area contributed by atoms with Gasteiger partial charge >= 0.3 is 0 Å². The molecule has 0 spiro atoms. The summed E-state index contributed by atoms with van der Waals surface area (Å²) in [6, 6.07) is 6.98. The van der Waals surface area contributed by atoms with Crippen molar-refractivity contribution in [3.05, 3.63) is 47.5 Å². The van der Waals surface area contributed by atoms with Crippen LogP contribution in [0.2, 0.25) is 0 Å². The van der Waals surface area contributed by atoms with Gasteiger partial charge in [-0.2, -0.15) is 0 Å². The fraction of sp³-hybridized carbons (Fsp3) is 0.154. The van der Waals surface area contributed by atoms with Crippen molar-refractivity contribution in [3.8, 4) is 12.3 Å². The van der Waals surface area contributed by atoms with Crippen LogP contribution in [-0.4, -0.2) is 10.9 Å². The fourth-order valence-corrected chi connectivity index (χ4v) is 1.11. The summed E-state index contributed by atoms with van der Waals surface area (Å²) in [5, 5.41) is 9.64. The van der Waals surface area contributed by atoms with E-state index in [1.54, 1.807) is 24.3 Å². The molecule has 0 heterocycles. The first-order chi connectivity index (χ1) is 7.13. The summed E-state index contributed by atoms with van der Waals surface area (Å²) in [6.07, 6.45) is 7.24. The normalized spacial score (nSPS) is 12.3. The molecule has 1 N–H and O–H groups in total. The molecule has 0 aliphatic carbocycles. The Kier molecular flexibility index (Phi) is 3.84. The Morgan fingerprint density at radius 3 is 2.53 bits per heavy atom. The van der Waals surface area contributed by atoms with E-state index in [0.717, 1.165) is 5.56 Å². The molecule has 0 aliphatic rings. The molecule has 0 fully saturated rings. The number of benzene rings is 1. The second-order valence-electron chi connectivity index (χ2n) is 3.18. The average molecular weight is 200 g/mol. The molecule has 0 saturated carbocycles. The van der Waals surface area contributed by atoms with Gasteiger partial charge in [0.15, 0.2) is 5.78 Å². The van der Waals surface area contributed by atoms with E-state index < -0.39 is 6.10 Å². The van der Waals surface area contributed by atoms with Crippen LogP contribution in [0, 0.1) is 12.3 Å². The first-order valence-electron chi connectivity index (χ1n) is 4.57. The Morgan fingerprint density at radius 1 is 1.47 bits per heavy atom. The molecular formula is C13H12O2. The van der Waals surface area contributed by atoms with Gasteiger partial charge in [0.1, 0.15) is 0 Å². The highest BCUT2D eigenvalue weighted by Gasteiger charge is 2.02. The van der Waals surface area contributed by atoms with E-state index >= 15 is 0 Å². The van der Waals surface area contributed by atoms with Crippen LogP contribution in [-0.2, 0) is 4.79 Å². The SMILES string of the molecule is C#Cc1ccc([C@H](O)/C=C/C(C)=O)cc1. The maximum absolute atomic E-state index is 10.7. The zero-order chi connectivity index (χ0) is 11.3. The first kappa shape index (κ1) is 11.2. The third kappa shape index (κ3) is 3.41. The van der Waals surface area contributed by atoms with Crippen LogP contribution in [0.25, 0.3) is 0 Å². The fourth-order valence-electron chi connectivity index (χ4n) is 1.11. The van der Waals surface area contributed by atoms with Crippen molar-refractivity contribution in [1.29, 1.82) is 0 Å². The number of terminal acetylenes is 1. The van der Waals surface area contributed by atoms with E-state index in [9.17, 15) is 9.90 Å². The Hall–Kier alpha value is -1.85. The van der Waals surface area contributed by atoms with Crippen LogP contribution in [0.3, 0.4) is 0 Å². The monoisotopic (exact) mass is 200 g/mol. The smallest absolute Gasteiger partial charge is 0.152 e. The number of hydrogen-bond donors (Lipinski definition) is 1. The first-order valence-corrected chi connectivity index (χ1v) is 4.57. The van der Waals surface area contributed by atoms with Crippen molar-refractivity contribution < 1.29 is 9.90 Å². The molecule has 76 valence electrons. The minimum absolute atomic E-state index is 0.0886. The number of hydrogen-bond acceptors (Lipinski definition) is 2. The second-order valence-corrected chi connectivity index (χ2v) is 3.18. The molecular weight excluding hydrogens is 188 g/mol. The molecule has 0 unspecified atom stereocenters. The summed E-state index contributed by atoms with van der Waals surface area (Å²) in [4.78, 5) is 10.7. The molecule has 15 heavy (non-hydrogen) atoms. The summed E-state index contributed by atoms with van der Waals surface area (Å²) in [5.74, 6) is 2.40. The van der Waals surface area contributed by atoms with Crippen LogP contribution in [0.5, 0.6) is 0 Å². The molecule has 1 aromatic carbocycles. The van der Waals surface area contributed by atoms with Gasteiger partial charge in [-0.3, -0.25) is 4.79 Å². The van der Waals surface area contributed by atoms with Crippen LogP contribution in [0.4, 0.5) is 0 Å². The number of ketones is 1. The molecule has 1 atom stereocenters. The van der Waals surface area contributed by atoms with Gasteiger partial charge in [0, 0.05) is 5.56 Å². The zero-order valence-electron chi connectivity index (χ0n) is 8.47. The van der Waals surface area contributed by atoms with Crippen LogP contribution in [0.1, 0.15) is 24.2 Å². The minimum Gasteiger partial charge on any atom is -0.384 e. The zero-order valence-corrected chi connectivity index (χ0v) is 8.47. The molecule has 2 nitrogen and oxygen atoms in total.